The predicted molar refractivity (Wildman–Crippen MR) is 86.2 cm³/mol. The lowest BCUT2D eigenvalue weighted by Gasteiger charge is -2.07. The van der Waals surface area contributed by atoms with E-state index in [1.54, 1.807) is 18.5 Å². The number of aromatic amines is 1. The molecule has 0 fully saturated rings. The molecular weight excluding hydrogens is 317 g/mol. The second-order valence-corrected chi connectivity index (χ2v) is 5.48. The van der Waals surface area contributed by atoms with Gasteiger partial charge < -0.3 is 10.7 Å². The van der Waals surface area contributed by atoms with E-state index in [2.05, 4.69) is 15.0 Å². The van der Waals surface area contributed by atoms with Crippen LogP contribution < -0.4 is 5.73 Å². The zero-order chi connectivity index (χ0) is 16.9. The third-order valence-corrected chi connectivity index (χ3v) is 3.90. The number of nitrogen functional groups attached to an aromatic ring is 1. The second-order valence-electron chi connectivity index (χ2n) is 5.48. The average molecular weight is 328 g/mol. The van der Waals surface area contributed by atoms with Crippen molar-refractivity contribution in [2.24, 2.45) is 0 Å². The molecule has 0 bridgehead atoms. The molecule has 3 N–H and O–H groups in total. The molecule has 0 saturated heterocycles. The van der Waals surface area contributed by atoms with Gasteiger partial charge in [-0.15, -0.1) is 0 Å². The smallest absolute Gasteiger partial charge is 0.384 e. The van der Waals surface area contributed by atoms with Crippen LogP contribution in [0.1, 0.15) is 5.56 Å². The van der Waals surface area contributed by atoms with Crippen LogP contribution >= 0.6 is 0 Å². The molecule has 4 aromatic rings. The summed E-state index contributed by atoms with van der Waals surface area (Å²) in [5, 5.41) is 1.72. The Hall–Kier alpha value is -3.09. The summed E-state index contributed by atoms with van der Waals surface area (Å²) in [5.74, 6) is 0.392. The highest BCUT2D eigenvalue weighted by atomic mass is 19.4. The molecule has 0 atom stereocenters. The van der Waals surface area contributed by atoms with Crippen LogP contribution in [0.25, 0.3) is 33.1 Å². The van der Waals surface area contributed by atoms with E-state index in [1.807, 2.05) is 6.07 Å². The topological polar surface area (TPSA) is 67.6 Å². The second kappa shape index (κ2) is 4.95. The molecule has 0 spiro atoms. The summed E-state index contributed by atoms with van der Waals surface area (Å²) in [5.41, 5.74) is 7.92. The van der Waals surface area contributed by atoms with Crippen molar-refractivity contribution in [3.63, 3.8) is 0 Å². The van der Waals surface area contributed by atoms with E-state index >= 15 is 0 Å². The van der Waals surface area contributed by atoms with Gasteiger partial charge in [0.2, 0.25) is 0 Å². The van der Waals surface area contributed by atoms with Crippen LogP contribution in [0, 0.1) is 0 Å². The fraction of sp³-hybridized carbons (Fsp3) is 0.0588. The number of aromatic nitrogens is 3. The van der Waals surface area contributed by atoms with Crippen LogP contribution in [0.3, 0.4) is 0 Å². The number of anilines is 1. The molecule has 0 saturated carbocycles. The summed E-state index contributed by atoms with van der Waals surface area (Å²) >= 11 is 0. The van der Waals surface area contributed by atoms with Crippen molar-refractivity contribution in [1.29, 1.82) is 0 Å². The monoisotopic (exact) mass is 328 g/mol. The Kier molecular flexibility index (Phi) is 2.99. The molecule has 0 aliphatic carbocycles. The number of alkyl halides is 3. The lowest BCUT2D eigenvalue weighted by Crippen LogP contribution is -2.03. The normalized spacial score (nSPS) is 12.1. The van der Waals surface area contributed by atoms with Crippen molar-refractivity contribution in [3.8, 4) is 11.1 Å². The average Bonchev–Trinajstić information content (AvgIpc) is 2.91. The van der Waals surface area contributed by atoms with Crippen molar-refractivity contribution in [1.82, 2.24) is 15.0 Å². The molecule has 24 heavy (non-hydrogen) atoms. The highest BCUT2D eigenvalue weighted by molar-refractivity contribution is 6.07. The molecule has 0 aliphatic heterocycles. The molecule has 4 nitrogen and oxygen atoms in total. The third-order valence-electron chi connectivity index (χ3n) is 3.90. The van der Waals surface area contributed by atoms with Crippen molar-refractivity contribution >= 4 is 27.8 Å². The lowest BCUT2D eigenvalue weighted by atomic mass is 10.0. The number of benzene rings is 1. The highest BCUT2D eigenvalue weighted by Crippen LogP contribution is 2.32. The Morgan fingerprint density at radius 1 is 0.875 bits per heavy atom. The van der Waals surface area contributed by atoms with E-state index in [0.717, 1.165) is 34.0 Å². The summed E-state index contributed by atoms with van der Waals surface area (Å²) in [6, 6.07) is 8.63. The molecule has 0 unspecified atom stereocenters. The number of nitrogens with one attached hydrogen (secondary N) is 1. The fourth-order valence-corrected chi connectivity index (χ4v) is 2.70. The first-order chi connectivity index (χ1) is 11.4. The van der Waals surface area contributed by atoms with Gasteiger partial charge in [-0.05, 0) is 29.8 Å². The number of fused-ring (bicyclic) bond motifs is 3. The van der Waals surface area contributed by atoms with E-state index in [9.17, 15) is 13.2 Å². The first-order valence-corrected chi connectivity index (χ1v) is 7.12. The molecule has 0 amide bonds. The number of halogens is 3. The molecule has 4 rings (SSSR count). The number of nitrogens with zero attached hydrogens (tertiary/aromatic N) is 2. The van der Waals surface area contributed by atoms with E-state index in [4.69, 9.17) is 5.73 Å². The van der Waals surface area contributed by atoms with Gasteiger partial charge in [0.25, 0.3) is 0 Å². The number of H-pyrrole nitrogens is 1. The molecular formula is C17H11F3N4. The van der Waals surface area contributed by atoms with Gasteiger partial charge in [-0.25, -0.2) is 9.97 Å². The zero-order valence-corrected chi connectivity index (χ0v) is 12.2. The van der Waals surface area contributed by atoms with Crippen LogP contribution in [-0.2, 0) is 6.18 Å². The first-order valence-electron chi connectivity index (χ1n) is 7.12. The first kappa shape index (κ1) is 14.5. The van der Waals surface area contributed by atoms with E-state index < -0.39 is 11.7 Å². The molecule has 0 aliphatic rings. The van der Waals surface area contributed by atoms with Gasteiger partial charge in [0.15, 0.2) is 0 Å². The van der Waals surface area contributed by atoms with Gasteiger partial charge in [-0.2, -0.15) is 13.2 Å². The number of hydrogen-bond donors (Lipinski definition) is 2. The Morgan fingerprint density at radius 3 is 2.33 bits per heavy atom. The lowest BCUT2D eigenvalue weighted by molar-refractivity contribution is -0.137. The van der Waals surface area contributed by atoms with Crippen LogP contribution in [0.2, 0.25) is 0 Å². The predicted octanol–water partition coefficient (Wildman–Crippen LogP) is 4.38. The summed E-state index contributed by atoms with van der Waals surface area (Å²) < 4.78 is 38.0. The Morgan fingerprint density at radius 2 is 1.62 bits per heavy atom. The molecule has 3 heterocycles. The summed E-state index contributed by atoms with van der Waals surface area (Å²) in [4.78, 5) is 11.5. The van der Waals surface area contributed by atoms with E-state index in [-0.39, 0.29) is 0 Å². The van der Waals surface area contributed by atoms with Gasteiger partial charge in [-0.1, -0.05) is 12.1 Å². The van der Waals surface area contributed by atoms with Gasteiger partial charge in [-0.3, -0.25) is 0 Å². The van der Waals surface area contributed by atoms with Gasteiger partial charge in [0, 0.05) is 22.5 Å². The number of rotatable bonds is 1. The molecule has 120 valence electrons. The summed E-state index contributed by atoms with van der Waals surface area (Å²) in [7, 11) is 0. The minimum Gasteiger partial charge on any atom is -0.384 e. The van der Waals surface area contributed by atoms with Gasteiger partial charge in [0.1, 0.15) is 11.5 Å². The molecule has 0 radical (unpaired) electrons. The van der Waals surface area contributed by atoms with E-state index in [1.165, 1.54) is 12.1 Å². The standard InChI is InChI=1S/C17H11F3N4/c18-17(19,20)11-3-1-9(2-4-11)10-5-13-12-6-15(21)22-8-14(12)24-16(13)23-7-10/h1-8H,(H2,21,22)(H,23,24). The van der Waals surface area contributed by atoms with Gasteiger partial charge in [0.05, 0.1) is 17.3 Å². The molecule has 7 heteroatoms. The molecule has 1 aromatic carbocycles. The zero-order valence-electron chi connectivity index (χ0n) is 12.2. The summed E-state index contributed by atoms with van der Waals surface area (Å²) in [6.45, 7) is 0. The van der Waals surface area contributed by atoms with Crippen molar-refractivity contribution < 1.29 is 13.2 Å². The Bertz CT molecular complexity index is 1050. The van der Waals surface area contributed by atoms with Crippen LogP contribution in [0.5, 0.6) is 0 Å². The number of nitrogens with two attached hydrogens (primary N) is 1. The van der Waals surface area contributed by atoms with Crippen molar-refractivity contribution in [3.05, 3.63) is 54.4 Å². The minimum atomic E-state index is -4.35. The maximum absolute atomic E-state index is 12.7. The van der Waals surface area contributed by atoms with Gasteiger partial charge >= 0.3 is 6.18 Å². The SMILES string of the molecule is Nc1cc2c(cn1)[nH]c1ncc(-c3ccc(C(F)(F)F)cc3)cc12. The largest absolute Gasteiger partial charge is 0.416 e. The minimum absolute atomic E-state index is 0.392. The Labute approximate surface area is 134 Å². The number of pyridine rings is 2. The van der Waals surface area contributed by atoms with Crippen molar-refractivity contribution in [2.45, 2.75) is 6.18 Å². The Balaban J connectivity index is 1.85. The quantitative estimate of drug-likeness (QED) is 0.545. The maximum atomic E-state index is 12.7. The van der Waals surface area contributed by atoms with Crippen LogP contribution in [-0.4, -0.2) is 15.0 Å². The molecule has 3 aromatic heterocycles. The fourth-order valence-electron chi connectivity index (χ4n) is 2.70. The van der Waals surface area contributed by atoms with Crippen LogP contribution in [0.4, 0.5) is 19.0 Å². The van der Waals surface area contributed by atoms with Crippen LogP contribution in [0.15, 0.2) is 48.8 Å². The number of hydrogen-bond acceptors (Lipinski definition) is 3. The third kappa shape index (κ3) is 2.34. The summed E-state index contributed by atoms with van der Waals surface area (Å²) in [6.07, 6.45) is -1.09. The highest BCUT2D eigenvalue weighted by Gasteiger charge is 2.29. The van der Waals surface area contributed by atoms with Crippen molar-refractivity contribution in [2.75, 3.05) is 5.73 Å². The maximum Gasteiger partial charge on any atom is 0.416 e. The van der Waals surface area contributed by atoms with E-state index in [0.29, 0.717) is 17.0 Å².